The Bertz CT molecular complexity index is 1470. The van der Waals surface area contributed by atoms with E-state index in [1.165, 1.54) is 0 Å². The molecule has 1 aliphatic heterocycles. The highest BCUT2D eigenvalue weighted by Gasteiger charge is 2.25. The highest BCUT2D eigenvalue weighted by molar-refractivity contribution is 6.20. The fourth-order valence-corrected chi connectivity index (χ4v) is 4.13. The summed E-state index contributed by atoms with van der Waals surface area (Å²) < 4.78 is 11.8. The molecule has 0 N–H and O–H groups in total. The van der Waals surface area contributed by atoms with Crippen LogP contribution in [-0.2, 0) is 0 Å². The lowest BCUT2D eigenvalue weighted by atomic mass is 9.93. The van der Waals surface area contributed by atoms with Crippen molar-refractivity contribution in [3.63, 3.8) is 0 Å². The van der Waals surface area contributed by atoms with E-state index in [0.29, 0.717) is 16.9 Å². The van der Waals surface area contributed by atoms with E-state index < -0.39 is 0 Å². The quantitative estimate of drug-likeness (QED) is 0.318. The monoisotopic (exact) mass is 376 g/mol. The van der Waals surface area contributed by atoms with E-state index in [1.807, 2.05) is 72.8 Å². The summed E-state index contributed by atoms with van der Waals surface area (Å²) in [6.45, 7) is 0.272. The largest absolute Gasteiger partial charge is 0.488 e. The number of hydrogen-bond donors (Lipinski definition) is 0. The van der Waals surface area contributed by atoms with Crippen molar-refractivity contribution in [1.29, 1.82) is 0 Å². The minimum absolute atomic E-state index is 0.0280. The number of Topliss-reactive ketones (excluding diaryl/α,β-unsaturated/α-hetero) is 1. The molecule has 0 atom stereocenters. The zero-order chi connectivity index (χ0) is 19.4. The van der Waals surface area contributed by atoms with Crippen LogP contribution in [0.5, 0.6) is 5.75 Å². The third kappa shape index (κ3) is 2.48. The maximum absolute atomic E-state index is 13.3. The predicted molar refractivity (Wildman–Crippen MR) is 115 cm³/mol. The molecular weight excluding hydrogens is 360 g/mol. The van der Waals surface area contributed by atoms with Crippen LogP contribution in [0.1, 0.15) is 15.9 Å². The van der Waals surface area contributed by atoms with Gasteiger partial charge in [0.15, 0.2) is 5.78 Å². The minimum Gasteiger partial charge on any atom is -0.488 e. The number of furan rings is 1. The number of ether oxygens (including phenoxy) is 1. The molecule has 6 rings (SSSR count). The van der Waals surface area contributed by atoms with E-state index in [0.717, 1.165) is 38.3 Å². The fraction of sp³-hybridized carbons (Fsp3) is 0.0385. The third-order valence-corrected chi connectivity index (χ3v) is 5.53. The van der Waals surface area contributed by atoms with Crippen LogP contribution in [0.2, 0.25) is 0 Å². The van der Waals surface area contributed by atoms with Crippen LogP contribution in [0.15, 0.2) is 88.9 Å². The molecule has 4 aromatic carbocycles. The number of hydrogen-bond acceptors (Lipinski definition) is 3. The summed E-state index contributed by atoms with van der Waals surface area (Å²) in [5.74, 6) is 0.683. The molecule has 0 bridgehead atoms. The van der Waals surface area contributed by atoms with Gasteiger partial charge in [0.1, 0.15) is 23.5 Å². The molecule has 0 amide bonds. The molecule has 0 radical (unpaired) electrons. The SMILES string of the molecule is O=C1/C(=C/c2ccc3oc4ccccc4c3c2)COc2ccc3ccccc3c21. The van der Waals surface area contributed by atoms with E-state index in [1.54, 1.807) is 0 Å². The van der Waals surface area contributed by atoms with Crippen molar-refractivity contribution in [2.24, 2.45) is 0 Å². The first-order valence-electron chi connectivity index (χ1n) is 9.59. The maximum atomic E-state index is 13.3. The average molecular weight is 376 g/mol. The molecule has 2 heterocycles. The standard InChI is InChI=1S/C26H16O3/c27-26-18(15-28-24-12-10-17-5-1-2-6-19(17)25(24)26)13-16-9-11-23-21(14-16)20-7-3-4-8-22(20)29-23/h1-14H,15H2/b18-13+. The zero-order valence-corrected chi connectivity index (χ0v) is 15.5. The number of para-hydroxylation sites is 1. The summed E-state index contributed by atoms with van der Waals surface area (Å²) in [6.07, 6.45) is 1.92. The van der Waals surface area contributed by atoms with Crippen molar-refractivity contribution in [2.75, 3.05) is 6.61 Å². The van der Waals surface area contributed by atoms with Gasteiger partial charge in [0.05, 0.1) is 5.56 Å². The average Bonchev–Trinajstić information content (AvgIpc) is 3.13. The van der Waals surface area contributed by atoms with Crippen LogP contribution in [0.3, 0.4) is 0 Å². The van der Waals surface area contributed by atoms with Gasteiger partial charge >= 0.3 is 0 Å². The number of benzene rings is 4. The van der Waals surface area contributed by atoms with Gasteiger partial charge in [-0.1, -0.05) is 54.6 Å². The number of ketones is 1. The molecule has 0 saturated heterocycles. The molecular formula is C26H16O3. The van der Waals surface area contributed by atoms with E-state index >= 15 is 0 Å². The van der Waals surface area contributed by atoms with Crippen LogP contribution in [0.4, 0.5) is 0 Å². The van der Waals surface area contributed by atoms with Crippen LogP contribution in [-0.4, -0.2) is 12.4 Å². The topological polar surface area (TPSA) is 39.4 Å². The summed E-state index contributed by atoms with van der Waals surface area (Å²) in [5, 5.41) is 4.09. The zero-order valence-electron chi connectivity index (χ0n) is 15.5. The third-order valence-electron chi connectivity index (χ3n) is 5.53. The highest BCUT2D eigenvalue weighted by Crippen LogP contribution is 2.35. The normalized spacial score (nSPS) is 15.2. The molecule has 3 nitrogen and oxygen atoms in total. The van der Waals surface area contributed by atoms with Gasteiger partial charge in [-0.3, -0.25) is 4.79 Å². The lowest BCUT2D eigenvalue weighted by molar-refractivity contribution is 0.100. The second kappa shape index (κ2) is 6.08. The molecule has 1 aliphatic rings. The molecule has 0 unspecified atom stereocenters. The van der Waals surface area contributed by atoms with Crippen molar-refractivity contribution in [3.05, 3.63) is 95.6 Å². The lowest BCUT2D eigenvalue weighted by Gasteiger charge is -2.20. The number of rotatable bonds is 1. The van der Waals surface area contributed by atoms with Crippen LogP contribution in [0, 0.1) is 0 Å². The van der Waals surface area contributed by atoms with Gasteiger partial charge < -0.3 is 9.15 Å². The summed E-state index contributed by atoms with van der Waals surface area (Å²) in [7, 11) is 0. The molecule has 5 aromatic rings. The molecule has 0 saturated carbocycles. The Morgan fingerprint density at radius 2 is 1.55 bits per heavy atom. The molecule has 1 aromatic heterocycles. The summed E-state index contributed by atoms with van der Waals surface area (Å²) in [4.78, 5) is 13.3. The van der Waals surface area contributed by atoms with E-state index in [2.05, 4.69) is 12.1 Å². The Morgan fingerprint density at radius 1 is 0.759 bits per heavy atom. The first kappa shape index (κ1) is 16.1. The first-order valence-corrected chi connectivity index (χ1v) is 9.59. The van der Waals surface area contributed by atoms with Gasteiger partial charge in [-0.25, -0.2) is 0 Å². The van der Waals surface area contributed by atoms with E-state index in [-0.39, 0.29) is 12.4 Å². The van der Waals surface area contributed by atoms with Crippen molar-refractivity contribution >= 4 is 44.6 Å². The molecule has 0 fully saturated rings. The molecule has 0 spiro atoms. The minimum atomic E-state index is 0.0280. The second-order valence-corrected chi connectivity index (χ2v) is 7.30. The number of fused-ring (bicyclic) bond motifs is 6. The van der Waals surface area contributed by atoms with Gasteiger partial charge in [0.2, 0.25) is 0 Å². The Labute approximate surface area is 166 Å². The number of carbonyl (C=O) groups is 1. The smallest absolute Gasteiger partial charge is 0.196 e. The first-order chi connectivity index (χ1) is 14.3. The number of carbonyl (C=O) groups excluding carboxylic acids is 1. The fourth-order valence-electron chi connectivity index (χ4n) is 4.13. The van der Waals surface area contributed by atoms with Crippen molar-refractivity contribution < 1.29 is 13.9 Å². The molecule has 29 heavy (non-hydrogen) atoms. The summed E-state index contributed by atoms with van der Waals surface area (Å²) >= 11 is 0. The lowest BCUT2D eigenvalue weighted by Crippen LogP contribution is -2.19. The van der Waals surface area contributed by atoms with Gasteiger partial charge in [0, 0.05) is 16.3 Å². The van der Waals surface area contributed by atoms with Crippen molar-refractivity contribution in [1.82, 2.24) is 0 Å². The van der Waals surface area contributed by atoms with E-state index in [4.69, 9.17) is 9.15 Å². The summed E-state index contributed by atoms with van der Waals surface area (Å²) in [6, 6.07) is 25.8. The Kier molecular flexibility index (Phi) is 3.38. The van der Waals surface area contributed by atoms with Gasteiger partial charge in [0.25, 0.3) is 0 Å². The van der Waals surface area contributed by atoms with Crippen molar-refractivity contribution in [3.8, 4) is 5.75 Å². The Morgan fingerprint density at radius 3 is 2.48 bits per heavy atom. The predicted octanol–water partition coefficient (Wildman–Crippen LogP) is 6.40. The Hall–Kier alpha value is -3.85. The van der Waals surface area contributed by atoms with Gasteiger partial charge in [-0.05, 0) is 46.7 Å². The molecule has 3 heteroatoms. The van der Waals surface area contributed by atoms with E-state index in [9.17, 15) is 4.79 Å². The van der Waals surface area contributed by atoms with Crippen LogP contribution >= 0.6 is 0 Å². The van der Waals surface area contributed by atoms with Gasteiger partial charge in [-0.2, -0.15) is 0 Å². The van der Waals surface area contributed by atoms with Crippen molar-refractivity contribution in [2.45, 2.75) is 0 Å². The van der Waals surface area contributed by atoms with Crippen LogP contribution < -0.4 is 4.74 Å². The van der Waals surface area contributed by atoms with Crippen LogP contribution in [0.25, 0.3) is 38.8 Å². The maximum Gasteiger partial charge on any atom is 0.196 e. The molecule has 138 valence electrons. The second-order valence-electron chi connectivity index (χ2n) is 7.30. The Balaban J connectivity index is 1.48. The summed E-state index contributed by atoms with van der Waals surface area (Å²) in [5.41, 5.74) is 3.97. The molecule has 0 aliphatic carbocycles. The highest BCUT2D eigenvalue weighted by atomic mass is 16.5. The van der Waals surface area contributed by atoms with Gasteiger partial charge in [-0.15, -0.1) is 0 Å².